The van der Waals surface area contributed by atoms with Crippen molar-refractivity contribution in [2.75, 3.05) is 33.2 Å². The van der Waals surface area contributed by atoms with E-state index in [1.165, 1.54) is 0 Å². The smallest absolute Gasteiger partial charge is 0.241 e. The van der Waals surface area contributed by atoms with Crippen molar-refractivity contribution in [1.82, 2.24) is 15.5 Å². The van der Waals surface area contributed by atoms with Crippen LogP contribution in [-0.2, 0) is 9.59 Å². The van der Waals surface area contributed by atoms with Crippen molar-refractivity contribution >= 4 is 24.2 Å². The van der Waals surface area contributed by atoms with Crippen LogP contribution in [0, 0.1) is 0 Å². The molecule has 0 aromatic heterocycles. The van der Waals surface area contributed by atoms with Gasteiger partial charge >= 0.3 is 0 Å². The number of hydrogen-bond acceptors (Lipinski definition) is 3. The van der Waals surface area contributed by atoms with Gasteiger partial charge in [0.1, 0.15) is 0 Å². The second kappa shape index (κ2) is 8.35. The highest BCUT2D eigenvalue weighted by molar-refractivity contribution is 5.85. The lowest BCUT2D eigenvalue weighted by Crippen LogP contribution is -2.39. The van der Waals surface area contributed by atoms with Crippen LogP contribution in [-0.4, -0.2) is 49.9 Å². The summed E-state index contributed by atoms with van der Waals surface area (Å²) in [6.07, 6.45) is 2.59. The van der Waals surface area contributed by atoms with Crippen molar-refractivity contribution in [2.45, 2.75) is 19.3 Å². The molecule has 5 nitrogen and oxygen atoms in total. The van der Waals surface area contributed by atoms with Gasteiger partial charge in [0.2, 0.25) is 11.8 Å². The average Bonchev–Trinajstić information content (AvgIpc) is 2.76. The van der Waals surface area contributed by atoms with Crippen molar-refractivity contribution in [3.63, 3.8) is 0 Å². The lowest BCUT2D eigenvalue weighted by molar-refractivity contribution is -0.132. The van der Waals surface area contributed by atoms with E-state index in [2.05, 4.69) is 10.6 Å². The summed E-state index contributed by atoms with van der Waals surface area (Å²) in [5, 5.41) is 5.51. The monoisotopic (exact) mass is 249 g/mol. The number of carbonyl (C=O) groups is 2. The lowest BCUT2D eigenvalue weighted by Gasteiger charge is -2.15. The maximum atomic E-state index is 11.5. The van der Waals surface area contributed by atoms with Crippen molar-refractivity contribution in [3.05, 3.63) is 0 Å². The predicted octanol–water partition coefficient (Wildman–Crippen LogP) is -0.244. The quantitative estimate of drug-likeness (QED) is 0.707. The molecule has 1 saturated heterocycles. The van der Waals surface area contributed by atoms with Crippen LogP contribution in [0.15, 0.2) is 0 Å². The summed E-state index contributed by atoms with van der Waals surface area (Å²) >= 11 is 0. The third kappa shape index (κ3) is 5.32. The Bertz CT molecular complexity index is 230. The van der Waals surface area contributed by atoms with Crippen LogP contribution in [0.1, 0.15) is 19.3 Å². The molecule has 0 spiro atoms. The molecule has 2 amide bonds. The van der Waals surface area contributed by atoms with E-state index < -0.39 is 0 Å². The van der Waals surface area contributed by atoms with Gasteiger partial charge in [0.25, 0.3) is 0 Å². The fourth-order valence-corrected chi connectivity index (χ4v) is 1.58. The highest BCUT2D eigenvalue weighted by atomic mass is 35.5. The second-order valence-electron chi connectivity index (χ2n) is 3.72. The number of carbonyl (C=O) groups excluding carboxylic acids is 2. The Morgan fingerprint density at radius 1 is 1.25 bits per heavy atom. The fourth-order valence-electron chi connectivity index (χ4n) is 1.58. The summed E-state index contributed by atoms with van der Waals surface area (Å²) in [5.74, 6) is -0.0396. The van der Waals surface area contributed by atoms with Crippen LogP contribution < -0.4 is 10.6 Å². The number of nitrogens with one attached hydrogen (secondary N) is 2. The molecule has 0 unspecified atom stereocenters. The summed E-state index contributed by atoms with van der Waals surface area (Å²) in [5.41, 5.74) is 0. The van der Waals surface area contributed by atoms with E-state index >= 15 is 0 Å². The number of likely N-dealkylation sites (tertiary alicyclic amines) is 1. The molecule has 0 aliphatic carbocycles. The van der Waals surface area contributed by atoms with E-state index in [4.69, 9.17) is 0 Å². The SMILES string of the molecule is CNCCC(=O)NCC(=O)N1CCCC1.Cl. The van der Waals surface area contributed by atoms with Crippen LogP contribution in [0.5, 0.6) is 0 Å². The third-order valence-corrected chi connectivity index (χ3v) is 2.50. The molecule has 6 heteroatoms. The van der Waals surface area contributed by atoms with Crippen LogP contribution >= 0.6 is 12.4 Å². The summed E-state index contributed by atoms with van der Waals surface area (Å²) in [6, 6.07) is 0. The molecule has 2 N–H and O–H groups in total. The maximum Gasteiger partial charge on any atom is 0.241 e. The highest BCUT2D eigenvalue weighted by Crippen LogP contribution is 2.06. The fraction of sp³-hybridized carbons (Fsp3) is 0.800. The number of halogens is 1. The maximum absolute atomic E-state index is 11.5. The summed E-state index contributed by atoms with van der Waals surface area (Å²) in [4.78, 5) is 24.5. The minimum atomic E-state index is -0.0723. The average molecular weight is 250 g/mol. The Balaban J connectivity index is 0.00000225. The lowest BCUT2D eigenvalue weighted by atomic mass is 10.4. The van der Waals surface area contributed by atoms with Gasteiger partial charge in [-0.3, -0.25) is 9.59 Å². The second-order valence-corrected chi connectivity index (χ2v) is 3.72. The van der Waals surface area contributed by atoms with E-state index in [9.17, 15) is 9.59 Å². The Morgan fingerprint density at radius 2 is 1.88 bits per heavy atom. The topological polar surface area (TPSA) is 61.4 Å². The Kier molecular flexibility index (Phi) is 7.93. The third-order valence-electron chi connectivity index (χ3n) is 2.50. The summed E-state index contributed by atoms with van der Waals surface area (Å²) < 4.78 is 0. The first-order valence-electron chi connectivity index (χ1n) is 5.43. The molecule has 16 heavy (non-hydrogen) atoms. The number of amides is 2. The molecule has 0 bridgehead atoms. The molecule has 1 aliphatic rings. The van der Waals surface area contributed by atoms with E-state index in [-0.39, 0.29) is 30.8 Å². The van der Waals surface area contributed by atoms with Gasteiger partial charge in [-0.25, -0.2) is 0 Å². The van der Waals surface area contributed by atoms with Crippen LogP contribution in [0.3, 0.4) is 0 Å². The molecular weight excluding hydrogens is 230 g/mol. The zero-order chi connectivity index (χ0) is 11.1. The van der Waals surface area contributed by atoms with Crippen molar-refractivity contribution in [1.29, 1.82) is 0 Å². The van der Waals surface area contributed by atoms with Gasteiger partial charge in [-0.05, 0) is 19.9 Å². The Hall–Kier alpha value is -0.810. The van der Waals surface area contributed by atoms with Gasteiger partial charge in [-0.2, -0.15) is 0 Å². The van der Waals surface area contributed by atoms with Crippen LogP contribution in [0.2, 0.25) is 0 Å². The normalized spacial score (nSPS) is 14.4. The van der Waals surface area contributed by atoms with Gasteiger partial charge in [-0.15, -0.1) is 12.4 Å². The standard InChI is InChI=1S/C10H19N3O2.ClH/c1-11-5-4-9(14)12-8-10(15)13-6-2-3-7-13;/h11H,2-8H2,1H3,(H,12,14);1H. The zero-order valence-electron chi connectivity index (χ0n) is 9.62. The first kappa shape index (κ1) is 15.2. The molecule has 1 aliphatic heterocycles. The van der Waals surface area contributed by atoms with Crippen LogP contribution in [0.25, 0.3) is 0 Å². The van der Waals surface area contributed by atoms with E-state index in [1.807, 2.05) is 0 Å². The van der Waals surface area contributed by atoms with Gasteiger partial charge in [0.05, 0.1) is 6.54 Å². The molecule has 1 fully saturated rings. The minimum Gasteiger partial charge on any atom is -0.347 e. The molecule has 1 heterocycles. The number of hydrogen-bond donors (Lipinski definition) is 2. The minimum absolute atomic E-state index is 0. The van der Waals surface area contributed by atoms with Crippen molar-refractivity contribution in [2.24, 2.45) is 0 Å². The van der Waals surface area contributed by atoms with Gasteiger partial charge in [0.15, 0.2) is 0 Å². The van der Waals surface area contributed by atoms with Crippen molar-refractivity contribution in [3.8, 4) is 0 Å². The summed E-state index contributed by atoms with van der Waals surface area (Å²) in [7, 11) is 1.79. The molecule has 0 radical (unpaired) electrons. The number of rotatable bonds is 5. The Morgan fingerprint density at radius 3 is 2.44 bits per heavy atom. The molecule has 0 aromatic rings. The van der Waals surface area contributed by atoms with Gasteiger partial charge < -0.3 is 15.5 Å². The predicted molar refractivity (Wildman–Crippen MR) is 64.6 cm³/mol. The van der Waals surface area contributed by atoms with E-state index in [0.29, 0.717) is 13.0 Å². The first-order valence-corrected chi connectivity index (χ1v) is 5.43. The van der Waals surface area contributed by atoms with Crippen molar-refractivity contribution < 1.29 is 9.59 Å². The van der Waals surface area contributed by atoms with E-state index in [1.54, 1.807) is 11.9 Å². The first-order chi connectivity index (χ1) is 7.24. The zero-order valence-corrected chi connectivity index (χ0v) is 10.4. The molecule has 0 atom stereocenters. The number of nitrogens with zero attached hydrogens (tertiary/aromatic N) is 1. The van der Waals surface area contributed by atoms with Crippen LogP contribution in [0.4, 0.5) is 0 Å². The van der Waals surface area contributed by atoms with Gasteiger partial charge in [0, 0.05) is 26.1 Å². The molecule has 94 valence electrons. The van der Waals surface area contributed by atoms with E-state index in [0.717, 1.165) is 25.9 Å². The highest BCUT2D eigenvalue weighted by Gasteiger charge is 2.17. The molecular formula is C10H20ClN3O2. The molecule has 1 rings (SSSR count). The summed E-state index contributed by atoms with van der Waals surface area (Å²) in [6.45, 7) is 2.46. The molecule has 0 aromatic carbocycles. The molecule has 0 saturated carbocycles. The Labute approximate surface area is 102 Å². The van der Waals surface area contributed by atoms with Gasteiger partial charge in [-0.1, -0.05) is 0 Å². The largest absolute Gasteiger partial charge is 0.347 e.